The number of carbonyl (C=O) groups is 1. The Hall–Kier alpha value is -0.480. The molecule has 1 rings (SSSR count). The number of rotatable bonds is 3. The van der Waals surface area contributed by atoms with E-state index in [1.165, 1.54) is 6.92 Å². The van der Waals surface area contributed by atoms with E-state index < -0.39 is 12.1 Å². The van der Waals surface area contributed by atoms with Crippen molar-refractivity contribution in [2.45, 2.75) is 20.0 Å². The zero-order valence-corrected chi connectivity index (χ0v) is 10.5. The Morgan fingerprint density at radius 3 is 2.60 bits per heavy atom. The van der Waals surface area contributed by atoms with Crippen molar-refractivity contribution in [3.05, 3.63) is 28.8 Å². The zero-order valence-electron chi connectivity index (χ0n) is 8.21. The van der Waals surface area contributed by atoms with Crippen molar-refractivity contribution in [1.82, 2.24) is 0 Å². The van der Waals surface area contributed by atoms with Gasteiger partial charge >= 0.3 is 22.4 Å². The van der Waals surface area contributed by atoms with Gasteiger partial charge < -0.3 is 14.6 Å². The van der Waals surface area contributed by atoms with E-state index in [9.17, 15) is 9.90 Å². The molecule has 0 aromatic heterocycles. The van der Waals surface area contributed by atoms with Gasteiger partial charge in [0.2, 0.25) is 0 Å². The second-order valence-electron chi connectivity index (χ2n) is 2.99. The fourth-order valence-electron chi connectivity index (χ4n) is 0.984. The summed E-state index contributed by atoms with van der Waals surface area (Å²) in [6, 6.07) is 4.99. The number of aryl methyl sites for hydroxylation is 1. The number of hydrogen-bond acceptors (Lipinski definition) is 3. The average molecular weight is 322 g/mol. The van der Waals surface area contributed by atoms with Crippen LogP contribution in [0.25, 0.3) is 0 Å². The van der Waals surface area contributed by atoms with E-state index in [0.717, 1.165) is 5.56 Å². The first kappa shape index (κ1) is 14.5. The topological polar surface area (TPSA) is 49.4 Å². The van der Waals surface area contributed by atoms with Gasteiger partial charge in [-0.1, -0.05) is 11.6 Å². The van der Waals surface area contributed by atoms with Crippen LogP contribution in [0.3, 0.4) is 0 Å². The number of carboxylic acids is 1. The van der Waals surface area contributed by atoms with Gasteiger partial charge in [0.15, 0.2) is 0 Å². The third kappa shape index (κ3) is 4.26. The Balaban J connectivity index is 0.00000196. The molecular formula is C10H10AgClO3. The van der Waals surface area contributed by atoms with Crippen LogP contribution in [0.4, 0.5) is 0 Å². The fraction of sp³-hybridized carbons (Fsp3) is 0.300. The molecule has 0 N–H and O–H groups in total. The third-order valence-electron chi connectivity index (χ3n) is 1.77. The summed E-state index contributed by atoms with van der Waals surface area (Å²) in [4.78, 5) is 10.4. The second kappa shape index (κ2) is 6.18. The summed E-state index contributed by atoms with van der Waals surface area (Å²) in [5.41, 5.74) is 0.797. The molecule has 86 valence electrons. The molecular weight excluding hydrogens is 311 g/mol. The van der Waals surface area contributed by atoms with Crippen LogP contribution in [-0.4, -0.2) is 12.1 Å². The molecule has 0 aliphatic rings. The van der Waals surface area contributed by atoms with E-state index in [2.05, 4.69) is 0 Å². The Morgan fingerprint density at radius 1 is 1.53 bits per heavy atom. The Labute approximate surface area is 109 Å². The van der Waals surface area contributed by atoms with Crippen LogP contribution < -0.4 is 9.84 Å². The number of hydrogen-bond donors (Lipinski definition) is 0. The summed E-state index contributed by atoms with van der Waals surface area (Å²) in [7, 11) is 0. The monoisotopic (exact) mass is 320 g/mol. The van der Waals surface area contributed by atoms with Gasteiger partial charge in [-0.15, -0.1) is 0 Å². The average Bonchev–Trinajstić information content (AvgIpc) is 2.09. The molecule has 1 atom stereocenters. The van der Waals surface area contributed by atoms with E-state index >= 15 is 0 Å². The van der Waals surface area contributed by atoms with Crippen molar-refractivity contribution in [2.75, 3.05) is 0 Å². The smallest absolute Gasteiger partial charge is 0.546 e. The fourth-order valence-corrected chi connectivity index (χ4v) is 1.21. The van der Waals surface area contributed by atoms with Gasteiger partial charge in [-0.25, -0.2) is 0 Å². The number of halogens is 1. The van der Waals surface area contributed by atoms with Crippen molar-refractivity contribution in [3.63, 3.8) is 0 Å². The molecule has 1 aromatic rings. The molecule has 0 saturated heterocycles. The maximum absolute atomic E-state index is 10.4. The van der Waals surface area contributed by atoms with E-state index in [4.69, 9.17) is 16.3 Å². The van der Waals surface area contributed by atoms with Gasteiger partial charge in [-0.3, -0.25) is 0 Å². The quantitative estimate of drug-likeness (QED) is 0.785. The number of benzene rings is 1. The van der Waals surface area contributed by atoms with Crippen molar-refractivity contribution in [3.8, 4) is 5.75 Å². The first-order valence-corrected chi connectivity index (χ1v) is 4.52. The van der Waals surface area contributed by atoms with Crippen LogP contribution in [0, 0.1) is 6.92 Å². The third-order valence-corrected chi connectivity index (χ3v) is 2.01. The van der Waals surface area contributed by atoms with Crippen molar-refractivity contribution in [2.24, 2.45) is 0 Å². The molecule has 0 amide bonds. The van der Waals surface area contributed by atoms with E-state index in [1.807, 2.05) is 0 Å². The van der Waals surface area contributed by atoms with Crippen LogP contribution in [0.2, 0.25) is 5.02 Å². The summed E-state index contributed by atoms with van der Waals surface area (Å²) in [6.07, 6.45) is -0.963. The van der Waals surface area contributed by atoms with Crippen LogP contribution >= 0.6 is 11.6 Å². The summed E-state index contributed by atoms with van der Waals surface area (Å²) >= 11 is 5.73. The Morgan fingerprint density at radius 2 is 2.13 bits per heavy atom. The van der Waals surface area contributed by atoms with Gasteiger partial charge in [-0.2, -0.15) is 0 Å². The molecule has 0 radical (unpaired) electrons. The molecule has 0 aliphatic carbocycles. The van der Waals surface area contributed by atoms with Gasteiger partial charge in [0.1, 0.15) is 11.9 Å². The molecule has 5 heteroatoms. The first-order valence-electron chi connectivity index (χ1n) is 4.14. The minimum atomic E-state index is -1.24. The number of carboxylic acid groups (broad SMARTS) is 1. The summed E-state index contributed by atoms with van der Waals surface area (Å²) in [5.74, 6) is -0.731. The molecule has 0 saturated carbocycles. The van der Waals surface area contributed by atoms with Gasteiger partial charge in [0.25, 0.3) is 0 Å². The van der Waals surface area contributed by atoms with Crippen molar-refractivity contribution >= 4 is 17.6 Å². The predicted molar refractivity (Wildman–Crippen MR) is 51.3 cm³/mol. The summed E-state index contributed by atoms with van der Waals surface area (Å²) < 4.78 is 5.14. The second-order valence-corrected chi connectivity index (χ2v) is 3.43. The van der Waals surface area contributed by atoms with Gasteiger partial charge in [0, 0.05) is 5.02 Å². The van der Waals surface area contributed by atoms with Crippen LogP contribution in [0.5, 0.6) is 5.75 Å². The Kier molecular flexibility index (Phi) is 5.98. The normalized spacial score (nSPS) is 11.4. The molecule has 0 aliphatic heterocycles. The molecule has 15 heavy (non-hydrogen) atoms. The molecule has 0 bridgehead atoms. The molecule has 0 fully saturated rings. The predicted octanol–water partition coefficient (Wildman–Crippen LogP) is 1.16. The number of ether oxygens (including phenoxy) is 1. The summed E-state index contributed by atoms with van der Waals surface area (Å²) in [5, 5.41) is 11.0. The van der Waals surface area contributed by atoms with Crippen molar-refractivity contribution in [1.29, 1.82) is 0 Å². The van der Waals surface area contributed by atoms with Crippen LogP contribution in [-0.2, 0) is 27.2 Å². The molecule has 3 nitrogen and oxygen atoms in total. The van der Waals surface area contributed by atoms with Gasteiger partial charge in [0.05, 0.1) is 5.97 Å². The molecule has 1 aromatic carbocycles. The van der Waals surface area contributed by atoms with Crippen LogP contribution in [0.15, 0.2) is 18.2 Å². The van der Waals surface area contributed by atoms with Crippen molar-refractivity contribution < 1.29 is 37.0 Å². The maximum atomic E-state index is 10.4. The maximum Gasteiger partial charge on any atom is 1.00 e. The van der Waals surface area contributed by atoms with Gasteiger partial charge in [-0.05, 0) is 37.6 Å². The molecule has 1 unspecified atom stereocenters. The Bertz CT molecular complexity index is 355. The minimum absolute atomic E-state index is 0. The minimum Gasteiger partial charge on any atom is -0.546 e. The van der Waals surface area contributed by atoms with E-state index in [-0.39, 0.29) is 22.4 Å². The first-order chi connectivity index (χ1) is 6.50. The van der Waals surface area contributed by atoms with E-state index in [1.54, 1.807) is 25.1 Å². The standard InChI is InChI=1S/C10H11ClO3.Ag/c1-6-5-8(11)3-4-9(6)14-7(2)10(12)13;/h3-5,7H,1-2H3,(H,12,13);/q;+1/p-1. The molecule has 0 heterocycles. The molecule has 0 spiro atoms. The number of aliphatic carboxylic acids is 1. The summed E-state index contributed by atoms with van der Waals surface area (Å²) in [6.45, 7) is 3.21. The van der Waals surface area contributed by atoms with Crippen LogP contribution in [0.1, 0.15) is 12.5 Å². The largest absolute Gasteiger partial charge is 1.00 e. The zero-order chi connectivity index (χ0) is 10.7. The van der Waals surface area contributed by atoms with E-state index in [0.29, 0.717) is 10.8 Å². The SMILES string of the molecule is Cc1cc(Cl)ccc1OC(C)C(=O)[O-].[Ag+]. The number of carbonyl (C=O) groups excluding carboxylic acids is 1.